The highest BCUT2D eigenvalue weighted by Gasteiger charge is 2.13. The zero-order chi connectivity index (χ0) is 12.1. The topological polar surface area (TPSA) is 60.2 Å². The Morgan fingerprint density at radius 2 is 2.41 bits per heavy atom. The monoisotopic (exact) mass is 235 g/mol. The smallest absolute Gasteiger partial charge is 0.149 e. The van der Waals surface area contributed by atoms with Crippen LogP contribution in [0.4, 0.5) is 11.5 Å². The van der Waals surface area contributed by atoms with Crippen molar-refractivity contribution in [3.8, 4) is 0 Å². The van der Waals surface area contributed by atoms with Gasteiger partial charge in [0.1, 0.15) is 5.82 Å². The van der Waals surface area contributed by atoms with Crippen LogP contribution in [0, 0.1) is 6.92 Å². The van der Waals surface area contributed by atoms with Gasteiger partial charge in [-0.2, -0.15) is 0 Å². The van der Waals surface area contributed by atoms with E-state index in [1.165, 1.54) is 19.3 Å². The Morgan fingerprint density at radius 3 is 3.18 bits per heavy atom. The molecule has 0 radical (unpaired) electrons. The van der Waals surface area contributed by atoms with Crippen molar-refractivity contribution in [3.63, 3.8) is 0 Å². The molecular weight excluding hydrogens is 214 g/mol. The normalized spacial score (nSPS) is 20.2. The Balaban J connectivity index is 1.79. The average Bonchev–Trinajstić information content (AvgIpc) is 2.36. The fourth-order valence-electron chi connectivity index (χ4n) is 2.10. The number of hydrogen-bond donors (Lipinski definition) is 2. The van der Waals surface area contributed by atoms with Crippen LogP contribution < -0.4 is 11.1 Å². The Hall–Kier alpha value is -1.29. The molecule has 0 bridgehead atoms. The summed E-state index contributed by atoms with van der Waals surface area (Å²) >= 11 is 0. The van der Waals surface area contributed by atoms with Crippen LogP contribution in [-0.4, -0.2) is 24.2 Å². The fraction of sp³-hybridized carbons (Fsp3) is 0.615. The summed E-state index contributed by atoms with van der Waals surface area (Å²) in [6, 6.07) is 1.92. The molecule has 1 saturated heterocycles. The highest BCUT2D eigenvalue weighted by atomic mass is 16.5. The summed E-state index contributed by atoms with van der Waals surface area (Å²) in [5, 5.41) is 3.28. The van der Waals surface area contributed by atoms with Gasteiger partial charge in [-0.1, -0.05) is 0 Å². The van der Waals surface area contributed by atoms with Crippen LogP contribution in [0.3, 0.4) is 0 Å². The minimum Gasteiger partial charge on any atom is -0.396 e. The Morgan fingerprint density at radius 1 is 1.53 bits per heavy atom. The molecule has 2 rings (SSSR count). The molecule has 1 aromatic rings. The van der Waals surface area contributed by atoms with E-state index in [0.29, 0.717) is 6.10 Å². The van der Waals surface area contributed by atoms with Crippen molar-refractivity contribution in [1.82, 2.24) is 4.98 Å². The number of pyridine rings is 1. The maximum absolute atomic E-state index is 5.95. The maximum atomic E-state index is 5.95. The number of ether oxygens (including phenoxy) is 1. The van der Waals surface area contributed by atoms with E-state index in [9.17, 15) is 0 Å². The van der Waals surface area contributed by atoms with Crippen molar-refractivity contribution in [1.29, 1.82) is 0 Å². The van der Waals surface area contributed by atoms with Gasteiger partial charge in [0.2, 0.25) is 0 Å². The molecular formula is C13H21N3O. The second-order valence-electron chi connectivity index (χ2n) is 4.59. The lowest BCUT2D eigenvalue weighted by atomic mass is 10.1. The summed E-state index contributed by atoms with van der Waals surface area (Å²) in [5.74, 6) is 0.792. The molecule has 0 spiro atoms. The van der Waals surface area contributed by atoms with E-state index in [2.05, 4.69) is 10.3 Å². The van der Waals surface area contributed by atoms with E-state index >= 15 is 0 Å². The lowest BCUT2D eigenvalue weighted by molar-refractivity contribution is 0.0134. The summed E-state index contributed by atoms with van der Waals surface area (Å²) in [5.41, 5.74) is 7.76. The number of aryl methyl sites for hydroxylation is 1. The number of anilines is 2. The lowest BCUT2D eigenvalue weighted by Gasteiger charge is -2.22. The molecule has 0 aromatic carbocycles. The van der Waals surface area contributed by atoms with Crippen LogP contribution in [0.15, 0.2) is 12.3 Å². The largest absolute Gasteiger partial charge is 0.396 e. The second-order valence-corrected chi connectivity index (χ2v) is 4.59. The van der Waals surface area contributed by atoms with Gasteiger partial charge in [0.25, 0.3) is 0 Å². The molecule has 17 heavy (non-hydrogen) atoms. The van der Waals surface area contributed by atoms with Crippen molar-refractivity contribution in [2.75, 3.05) is 24.2 Å². The third-order valence-corrected chi connectivity index (χ3v) is 3.24. The molecule has 1 aliphatic heterocycles. The second kappa shape index (κ2) is 5.87. The summed E-state index contributed by atoms with van der Waals surface area (Å²) in [7, 11) is 0. The first-order valence-corrected chi connectivity index (χ1v) is 6.34. The van der Waals surface area contributed by atoms with Crippen molar-refractivity contribution in [2.24, 2.45) is 0 Å². The molecule has 1 aromatic heterocycles. The van der Waals surface area contributed by atoms with Gasteiger partial charge in [0.15, 0.2) is 0 Å². The van der Waals surface area contributed by atoms with Crippen molar-refractivity contribution in [3.05, 3.63) is 17.8 Å². The summed E-state index contributed by atoms with van der Waals surface area (Å²) in [6.07, 6.45) is 6.88. The van der Waals surface area contributed by atoms with Crippen LogP contribution in [-0.2, 0) is 4.74 Å². The van der Waals surface area contributed by atoms with Crippen molar-refractivity contribution in [2.45, 2.75) is 38.7 Å². The molecule has 1 atom stereocenters. The highest BCUT2D eigenvalue weighted by Crippen LogP contribution is 2.20. The third-order valence-electron chi connectivity index (χ3n) is 3.24. The number of nitrogens with zero attached hydrogens (tertiary/aromatic N) is 1. The van der Waals surface area contributed by atoms with E-state index in [-0.39, 0.29) is 0 Å². The van der Waals surface area contributed by atoms with Crippen LogP contribution in [0.1, 0.15) is 31.2 Å². The Labute approximate surface area is 103 Å². The zero-order valence-corrected chi connectivity index (χ0v) is 10.4. The quantitative estimate of drug-likeness (QED) is 0.841. The van der Waals surface area contributed by atoms with Gasteiger partial charge in [0, 0.05) is 19.3 Å². The van der Waals surface area contributed by atoms with E-state index in [1.54, 1.807) is 6.20 Å². The number of nitrogens with one attached hydrogen (secondary N) is 1. The first-order chi connectivity index (χ1) is 8.27. The SMILES string of the molecule is Cc1ccnc(NCCC2CCCCO2)c1N. The van der Waals surface area contributed by atoms with E-state index in [4.69, 9.17) is 10.5 Å². The minimum absolute atomic E-state index is 0.405. The van der Waals surface area contributed by atoms with Crippen LogP contribution in [0.2, 0.25) is 0 Å². The summed E-state index contributed by atoms with van der Waals surface area (Å²) < 4.78 is 5.68. The predicted octanol–water partition coefficient (Wildman–Crippen LogP) is 2.34. The molecule has 0 aliphatic carbocycles. The van der Waals surface area contributed by atoms with Gasteiger partial charge in [-0.25, -0.2) is 4.98 Å². The molecule has 3 N–H and O–H groups in total. The zero-order valence-electron chi connectivity index (χ0n) is 10.4. The van der Waals surface area contributed by atoms with Crippen molar-refractivity contribution < 1.29 is 4.74 Å². The van der Waals surface area contributed by atoms with E-state index < -0.39 is 0 Å². The first-order valence-electron chi connectivity index (χ1n) is 6.34. The molecule has 0 saturated carbocycles. The standard InChI is InChI=1S/C13H21N3O/c1-10-5-7-15-13(12(10)14)16-8-6-11-4-2-3-9-17-11/h5,7,11H,2-4,6,8-9,14H2,1H3,(H,15,16). The van der Waals surface area contributed by atoms with Gasteiger partial charge in [-0.05, 0) is 44.2 Å². The summed E-state index contributed by atoms with van der Waals surface area (Å²) in [4.78, 5) is 4.24. The Bertz CT molecular complexity index is 362. The van der Waals surface area contributed by atoms with E-state index in [1.807, 2.05) is 13.0 Å². The summed E-state index contributed by atoms with van der Waals surface area (Å²) in [6.45, 7) is 3.77. The van der Waals surface area contributed by atoms with E-state index in [0.717, 1.165) is 36.6 Å². The predicted molar refractivity (Wildman–Crippen MR) is 70.1 cm³/mol. The van der Waals surface area contributed by atoms with Gasteiger partial charge in [-0.15, -0.1) is 0 Å². The van der Waals surface area contributed by atoms with Gasteiger partial charge in [-0.3, -0.25) is 0 Å². The molecule has 4 heteroatoms. The minimum atomic E-state index is 0.405. The third kappa shape index (κ3) is 3.33. The molecule has 0 amide bonds. The molecule has 1 unspecified atom stereocenters. The number of nitrogen functional groups attached to an aromatic ring is 1. The maximum Gasteiger partial charge on any atom is 0.149 e. The lowest BCUT2D eigenvalue weighted by Crippen LogP contribution is -2.22. The molecule has 2 heterocycles. The van der Waals surface area contributed by atoms with Gasteiger partial charge < -0.3 is 15.8 Å². The van der Waals surface area contributed by atoms with Gasteiger partial charge >= 0.3 is 0 Å². The Kier molecular flexibility index (Phi) is 4.20. The fourth-order valence-corrected chi connectivity index (χ4v) is 2.10. The first kappa shape index (κ1) is 12.2. The molecule has 1 aliphatic rings. The average molecular weight is 235 g/mol. The molecule has 94 valence electrons. The number of aromatic nitrogens is 1. The number of nitrogens with two attached hydrogens (primary N) is 1. The number of hydrogen-bond acceptors (Lipinski definition) is 4. The highest BCUT2D eigenvalue weighted by molar-refractivity contribution is 5.64. The van der Waals surface area contributed by atoms with Crippen LogP contribution in [0.25, 0.3) is 0 Å². The van der Waals surface area contributed by atoms with Crippen LogP contribution >= 0.6 is 0 Å². The molecule has 4 nitrogen and oxygen atoms in total. The van der Waals surface area contributed by atoms with Gasteiger partial charge in [0.05, 0.1) is 11.8 Å². The van der Waals surface area contributed by atoms with Crippen LogP contribution in [0.5, 0.6) is 0 Å². The molecule has 1 fully saturated rings. The number of rotatable bonds is 4. The van der Waals surface area contributed by atoms with Crippen molar-refractivity contribution >= 4 is 11.5 Å².